The highest BCUT2D eigenvalue weighted by Gasteiger charge is 2.31. The van der Waals surface area contributed by atoms with Crippen LogP contribution in [0, 0.1) is 12.0 Å². The smallest absolute Gasteiger partial charge is 0.217 e. The van der Waals surface area contributed by atoms with E-state index in [2.05, 4.69) is 16.5 Å². The molecule has 0 amide bonds. The molecule has 1 aromatic heterocycles. The minimum absolute atomic E-state index is 0.325. The summed E-state index contributed by atoms with van der Waals surface area (Å²) in [6, 6.07) is 3.56. The van der Waals surface area contributed by atoms with Gasteiger partial charge in [0.05, 0.1) is 16.9 Å². The maximum absolute atomic E-state index is 13.4. The Balaban J connectivity index is 2.08. The van der Waals surface area contributed by atoms with Crippen molar-refractivity contribution in [3.63, 3.8) is 0 Å². The topological polar surface area (TPSA) is 30.7 Å². The summed E-state index contributed by atoms with van der Waals surface area (Å²) in [5, 5.41) is 7.53. The van der Waals surface area contributed by atoms with Gasteiger partial charge in [-0.05, 0) is 31.0 Å². The molecule has 3 nitrogen and oxygen atoms in total. The number of benzene rings is 1. The molecule has 0 N–H and O–H groups in total. The van der Waals surface area contributed by atoms with Crippen LogP contribution in [0.3, 0.4) is 0 Å². The van der Waals surface area contributed by atoms with Gasteiger partial charge in [-0.2, -0.15) is 0 Å². The molecular weight excluding hydrogens is 255 g/mol. The second-order valence-corrected chi connectivity index (χ2v) is 4.83. The van der Waals surface area contributed by atoms with Gasteiger partial charge >= 0.3 is 0 Å². The third-order valence-electron chi connectivity index (χ3n) is 3.16. The molecule has 1 radical (unpaired) electrons. The monoisotopic (exact) mass is 266 g/mol. The first-order valence-electron chi connectivity index (χ1n) is 5.98. The third-order valence-corrected chi connectivity index (χ3v) is 3.16. The second-order valence-electron chi connectivity index (χ2n) is 4.83. The lowest BCUT2D eigenvalue weighted by atomic mass is 10.1. The summed E-state index contributed by atoms with van der Waals surface area (Å²) in [7, 11) is 0. The van der Waals surface area contributed by atoms with Gasteiger partial charge in [-0.3, -0.25) is 0 Å². The van der Waals surface area contributed by atoms with E-state index in [1.165, 1.54) is 10.7 Å². The number of halogens is 3. The lowest BCUT2D eigenvalue weighted by Gasteiger charge is -2.13. The Bertz CT molecular complexity index is 612. The van der Waals surface area contributed by atoms with Crippen molar-refractivity contribution in [3.8, 4) is 5.69 Å². The first-order chi connectivity index (χ1) is 8.97. The van der Waals surface area contributed by atoms with E-state index in [1.807, 2.05) is 0 Å². The molecule has 0 aliphatic heterocycles. The molecule has 2 aromatic rings. The van der Waals surface area contributed by atoms with E-state index < -0.39 is 17.3 Å². The largest absolute Gasteiger partial charge is 0.273 e. The van der Waals surface area contributed by atoms with Gasteiger partial charge in [0.1, 0.15) is 12.0 Å². The van der Waals surface area contributed by atoms with Gasteiger partial charge in [-0.1, -0.05) is 5.21 Å². The summed E-state index contributed by atoms with van der Waals surface area (Å²) in [5.74, 6) is -3.83. The van der Waals surface area contributed by atoms with Crippen molar-refractivity contribution in [1.29, 1.82) is 0 Å². The average molecular weight is 266 g/mol. The Hall–Kier alpha value is -1.85. The van der Waals surface area contributed by atoms with Crippen LogP contribution in [-0.4, -0.2) is 15.0 Å². The van der Waals surface area contributed by atoms with E-state index in [1.54, 1.807) is 0 Å². The molecule has 0 atom stereocenters. The Morgan fingerprint density at radius 2 is 2.11 bits per heavy atom. The summed E-state index contributed by atoms with van der Waals surface area (Å²) in [6.45, 7) is 0.671. The molecule has 1 aromatic carbocycles. The lowest BCUT2D eigenvalue weighted by Crippen LogP contribution is -2.12. The Kier molecular flexibility index (Phi) is 2.62. The van der Waals surface area contributed by atoms with Crippen LogP contribution in [0.1, 0.15) is 36.9 Å². The number of hydrogen-bond acceptors (Lipinski definition) is 2. The highest BCUT2D eigenvalue weighted by atomic mass is 19.3. The van der Waals surface area contributed by atoms with Crippen LogP contribution < -0.4 is 0 Å². The Labute approximate surface area is 108 Å². The molecule has 1 aliphatic carbocycles. The zero-order valence-electron chi connectivity index (χ0n) is 10.2. The van der Waals surface area contributed by atoms with Crippen molar-refractivity contribution in [2.24, 2.45) is 0 Å². The van der Waals surface area contributed by atoms with E-state index in [4.69, 9.17) is 0 Å². The minimum atomic E-state index is -3.23. The number of rotatable bonds is 3. The predicted octanol–water partition coefficient (Wildman–Crippen LogP) is 3.20. The fourth-order valence-electron chi connectivity index (χ4n) is 2.01. The molecule has 0 spiro atoms. The molecular formula is C13H11F3N3. The molecule has 1 heterocycles. The Morgan fingerprint density at radius 1 is 1.37 bits per heavy atom. The normalized spacial score (nSPS) is 15.8. The fourth-order valence-corrected chi connectivity index (χ4v) is 2.01. The molecule has 1 saturated carbocycles. The Morgan fingerprint density at radius 3 is 2.74 bits per heavy atom. The first-order valence-corrected chi connectivity index (χ1v) is 5.98. The number of hydrogen-bond donors (Lipinski definition) is 0. The van der Waals surface area contributed by atoms with E-state index >= 15 is 0 Å². The van der Waals surface area contributed by atoms with Crippen molar-refractivity contribution in [2.45, 2.75) is 31.6 Å². The standard InChI is InChI=1S/C13H11F3N3/c1-13(15,16)10-6-9(4-5-11(10)14)19-12(7-17-18-19)8-2-3-8/h4-6,8H,2-3H2,1H3. The second kappa shape index (κ2) is 4.08. The molecule has 3 rings (SSSR count). The minimum Gasteiger partial charge on any atom is -0.217 e. The molecule has 6 heteroatoms. The van der Waals surface area contributed by atoms with Crippen LogP contribution in [0.25, 0.3) is 5.69 Å². The van der Waals surface area contributed by atoms with E-state index in [9.17, 15) is 13.2 Å². The van der Waals surface area contributed by atoms with Gasteiger partial charge in [0.2, 0.25) is 0 Å². The van der Waals surface area contributed by atoms with Crippen LogP contribution in [0.15, 0.2) is 18.2 Å². The summed E-state index contributed by atoms with van der Waals surface area (Å²) in [5.41, 5.74) is 0.507. The van der Waals surface area contributed by atoms with Gasteiger partial charge in [-0.15, -0.1) is 5.10 Å². The lowest BCUT2D eigenvalue weighted by molar-refractivity contribution is 0.0137. The molecule has 0 unspecified atom stereocenters. The van der Waals surface area contributed by atoms with E-state index in [0.29, 0.717) is 18.5 Å². The first kappa shape index (κ1) is 12.2. The molecule has 1 fully saturated rings. The number of nitrogens with zero attached hydrogens (tertiary/aromatic N) is 3. The van der Waals surface area contributed by atoms with Crippen molar-refractivity contribution >= 4 is 0 Å². The van der Waals surface area contributed by atoms with Gasteiger partial charge < -0.3 is 0 Å². The third kappa shape index (κ3) is 2.22. The zero-order chi connectivity index (χ0) is 13.6. The van der Waals surface area contributed by atoms with Crippen molar-refractivity contribution in [2.75, 3.05) is 0 Å². The maximum Gasteiger partial charge on any atom is 0.273 e. The summed E-state index contributed by atoms with van der Waals surface area (Å²) >= 11 is 0. The van der Waals surface area contributed by atoms with E-state index in [-0.39, 0.29) is 0 Å². The molecule has 0 saturated heterocycles. The molecule has 0 bridgehead atoms. The van der Waals surface area contributed by atoms with Gasteiger partial charge in [0, 0.05) is 12.8 Å². The predicted molar refractivity (Wildman–Crippen MR) is 61.7 cm³/mol. The number of alkyl halides is 2. The molecule has 99 valence electrons. The van der Waals surface area contributed by atoms with Crippen molar-refractivity contribution in [3.05, 3.63) is 41.5 Å². The van der Waals surface area contributed by atoms with Crippen LogP contribution in [-0.2, 0) is 5.92 Å². The van der Waals surface area contributed by atoms with Gasteiger partial charge in [0.25, 0.3) is 5.92 Å². The zero-order valence-corrected chi connectivity index (χ0v) is 10.2. The summed E-state index contributed by atoms with van der Waals surface area (Å²) in [4.78, 5) is 0. The van der Waals surface area contributed by atoms with E-state index in [0.717, 1.165) is 30.7 Å². The van der Waals surface area contributed by atoms with Crippen molar-refractivity contribution < 1.29 is 13.2 Å². The van der Waals surface area contributed by atoms with Crippen LogP contribution in [0.5, 0.6) is 0 Å². The van der Waals surface area contributed by atoms with Gasteiger partial charge in [0.15, 0.2) is 0 Å². The fraction of sp³-hybridized carbons (Fsp3) is 0.385. The quantitative estimate of drug-likeness (QED) is 0.854. The van der Waals surface area contributed by atoms with Gasteiger partial charge in [-0.25, -0.2) is 17.9 Å². The SMILES string of the molecule is CC(F)(F)c1cc(-n2nn[c]c2C2CC2)ccc1F. The maximum atomic E-state index is 13.4. The molecule has 1 aliphatic rings. The van der Waals surface area contributed by atoms with Crippen LogP contribution >= 0.6 is 0 Å². The average Bonchev–Trinajstić information content (AvgIpc) is 3.07. The molecule has 19 heavy (non-hydrogen) atoms. The highest BCUT2D eigenvalue weighted by molar-refractivity contribution is 5.39. The number of aromatic nitrogens is 3. The summed E-state index contributed by atoms with van der Waals surface area (Å²) < 4.78 is 41.5. The highest BCUT2D eigenvalue weighted by Crippen LogP contribution is 2.40. The summed E-state index contributed by atoms with van der Waals surface area (Å²) in [6.07, 6.45) is 4.79. The van der Waals surface area contributed by atoms with Crippen molar-refractivity contribution in [1.82, 2.24) is 15.0 Å². The van der Waals surface area contributed by atoms with Crippen LogP contribution in [0.4, 0.5) is 13.2 Å². The van der Waals surface area contributed by atoms with Crippen LogP contribution in [0.2, 0.25) is 0 Å².